The first-order chi connectivity index (χ1) is 10.2. The molecule has 21 heavy (non-hydrogen) atoms. The average molecular weight is 320 g/mol. The Balaban J connectivity index is 1.74. The zero-order valence-electron chi connectivity index (χ0n) is 10.9. The van der Waals surface area contributed by atoms with Gasteiger partial charge in [0.2, 0.25) is 5.89 Å². The van der Waals surface area contributed by atoms with Crippen molar-refractivity contribution in [3.63, 3.8) is 0 Å². The minimum absolute atomic E-state index is 0.163. The lowest BCUT2D eigenvalue weighted by Gasteiger charge is -2.07. The molecule has 0 unspecified atom stereocenters. The zero-order valence-corrected chi connectivity index (χ0v) is 12.4. The van der Waals surface area contributed by atoms with Crippen molar-refractivity contribution in [2.75, 3.05) is 0 Å². The summed E-state index contributed by atoms with van der Waals surface area (Å²) < 4.78 is 11.2. The van der Waals surface area contributed by atoms with E-state index in [2.05, 4.69) is 4.98 Å². The molecule has 1 heterocycles. The first-order valence-electron chi connectivity index (χ1n) is 6.31. The number of nitrogens with zero attached hydrogens (tertiary/aromatic N) is 1. The Bertz CT molecular complexity index is 721. The van der Waals surface area contributed by atoms with Gasteiger partial charge in [0.15, 0.2) is 18.1 Å². The lowest BCUT2D eigenvalue weighted by Crippen LogP contribution is -1.96. The molecule has 3 nitrogen and oxygen atoms in total. The van der Waals surface area contributed by atoms with E-state index in [0.29, 0.717) is 27.4 Å². The van der Waals surface area contributed by atoms with Crippen molar-refractivity contribution in [1.29, 1.82) is 0 Å². The molecule has 0 atom stereocenters. The predicted octanol–water partition coefficient (Wildman–Crippen LogP) is 5.23. The highest BCUT2D eigenvalue weighted by molar-refractivity contribution is 6.37. The van der Waals surface area contributed by atoms with Gasteiger partial charge in [-0.15, -0.1) is 0 Å². The van der Waals surface area contributed by atoms with E-state index in [0.717, 1.165) is 5.56 Å². The Morgan fingerprint density at radius 2 is 1.67 bits per heavy atom. The fraction of sp³-hybridized carbons (Fsp3) is 0.0625. The normalized spacial score (nSPS) is 10.6. The SMILES string of the molecule is Clc1cccc(Cl)c1OCc1ncc(-c2ccccc2)o1. The number of halogens is 2. The monoisotopic (exact) mass is 319 g/mol. The Hall–Kier alpha value is -1.97. The molecule has 3 rings (SSSR count). The summed E-state index contributed by atoms with van der Waals surface area (Å²) in [6.45, 7) is 0.163. The van der Waals surface area contributed by atoms with Crippen molar-refractivity contribution >= 4 is 23.2 Å². The van der Waals surface area contributed by atoms with Crippen molar-refractivity contribution in [2.24, 2.45) is 0 Å². The summed E-state index contributed by atoms with van der Waals surface area (Å²) in [5.74, 6) is 1.59. The van der Waals surface area contributed by atoms with E-state index in [1.165, 1.54) is 0 Å². The molecule has 0 N–H and O–H groups in total. The van der Waals surface area contributed by atoms with Crippen molar-refractivity contribution < 1.29 is 9.15 Å². The largest absolute Gasteiger partial charge is 0.481 e. The van der Waals surface area contributed by atoms with Crippen LogP contribution in [0.3, 0.4) is 0 Å². The van der Waals surface area contributed by atoms with Gasteiger partial charge in [0.1, 0.15) is 0 Å². The van der Waals surface area contributed by atoms with E-state index in [1.54, 1.807) is 24.4 Å². The standard InChI is InChI=1S/C16H11Cl2NO2/c17-12-7-4-8-13(18)16(12)20-10-15-19-9-14(21-15)11-5-2-1-3-6-11/h1-9H,10H2. The van der Waals surface area contributed by atoms with E-state index >= 15 is 0 Å². The summed E-state index contributed by atoms with van der Waals surface area (Å²) in [5, 5.41) is 0.912. The third-order valence-electron chi connectivity index (χ3n) is 2.87. The van der Waals surface area contributed by atoms with Crippen LogP contribution < -0.4 is 4.74 Å². The highest BCUT2D eigenvalue weighted by atomic mass is 35.5. The molecule has 106 valence electrons. The molecule has 0 amide bonds. The van der Waals surface area contributed by atoms with Crippen LogP contribution in [-0.4, -0.2) is 4.98 Å². The minimum atomic E-state index is 0.163. The van der Waals surface area contributed by atoms with Gasteiger partial charge >= 0.3 is 0 Å². The zero-order chi connectivity index (χ0) is 14.7. The Morgan fingerprint density at radius 3 is 2.38 bits per heavy atom. The van der Waals surface area contributed by atoms with Crippen molar-refractivity contribution in [3.8, 4) is 17.1 Å². The molecule has 3 aromatic rings. The van der Waals surface area contributed by atoms with Crippen molar-refractivity contribution in [2.45, 2.75) is 6.61 Å². The third-order valence-corrected chi connectivity index (χ3v) is 3.47. The predicted molar refractivity (Wildman–Crippen MR) is 82.7 cm³/mol. The summed E-state index contributed by atoms with van der Waals surface area (Å²) in [6, 6.07) is 14.9. The van der Waals surface area contributed by atoms with Gasteiger partial charge in [-0.25, -0.2) is 4.98 Å². The van der Waals surface area contributed by atoms with E-state index in [4.69, 9.17) is 32.4 Å². The summed E-state index contributed by atoms with van der Waals surface area (Å²) in [7, 11) is 0. The summed E-state index contributed by atoms with van der Waals surface area (Å²) in [5.41, 5.74) is 0.965. The van der Waals surface area contributed by atoms with E-state index in [9.17, 15) is 0 Å². The second-order valence-electron chi connectivity index (χ2n) is 4.32. The molecule has 0 radical (unpaired) electrons. The number of oxazole rings is 1. The lowest BCUT2D eigenvalue weighted by molar-refractivity contribution is 0.265. The van der Waals surface area contributed by atoms with Gasteiger partial charge < -0.3 is 9.15 Å². The quantitative estimate of drug-likeness (QED) is 0.660. The Labute approximate surface area is 132 Å². The van der Waals surface area contributed by atoms with Gasteiger partial charge in [0, 0.05) is 5.56 Å². The van der Waals surface area contributed by atoms with Crippen LogP contribution in [-0.2, 0) is 6.61 Å². The topological polar surface area (TPSA) is 35.3 Å². The molecule has 5 heteroatoms. The lowest BCUT2D eigenvalue weighted by atomic mass is 10.2. The molecule has 0 saturated heterocycles. The fourth-order valence-corrected chi connectivity index (χ4v) is 2.37. The van der Waals surface area contributed by atoms with E-state index in [-0.39, 0.29) is 6.61 Å². The fourth-order valence-electron chi connectivity index (χ4n) is 1.87. The number of benzene rings is 2. The third kappa shape index (κ3) is 3.20. The number of hydrogen-bond donors (Lipinski definition) is 0. The van der Waals surface area contributed by atoms with Gasteiger partial charge in [0.25, 0.3) is 0 Å². The van der Waals surface area contributed by atoms with Crippen molar-refractivity contribution in [1.82, 2.24) is 4.98 Å². The van der Waals surface area contributed by atoms with Crippen LogP contribution in [0.5, 0.6) is 5.75 Å². The maximum Gasteiger partial charge on any atom is 0.232 e. The molecular formula is C16H11Cl2NO2. The first-order valence-corrected chi connectivity index (χ1v) is 7.06. The first kappa shape index (κ1) is 14.0. The van der Waals surface area contributed by atoms with Crippen LogP contribution in [0.25, 0.3) is 11.3 Å². The maximum atomic E-state index is 6.04. The molecule has 0 saturated carbocycles. The molecular weight excluding hydrogens is 309 g/mol. The minimum Gasteiger partial charge on any atom is -0.481 e. The second-order valence-corrected chi connectivity index (χ2v) is 5.14. The highest BCUT2D eigenvalue weighted by Gasteiger charge is 2.10. The van der Waals surface area contributed by atoms with Gasteiger partial charge in [-0.05, 0) is 12.1 Å². The molecule has 0 fully saturated rings. The van der Waals surface area contributed by atoms with Crippen LogP contribution in [0.1, 0.15) is 5.89 Å². The van der Waals surface area contributed by atoms with Gasteiger partial charge in [-0.3, -0.25) is 0 Å². The van der Waals surface area contributed by atoms with E-state index < -0.39 is 0 Å². The van der Waals surface area contributed by atoms with Crippen LogP contribution in [0.2, 0.25) is 10.0 Å². The number of aromatic nitrogens is 1. The molecule has 1 aromatic heterocycles. The van der Waals surface area contributed by atoms with Crippen LogP contribution in [0.4, 0.5) is 0 Å². The van der Waals surface area contributed by atoms with E-state index in [1.807, 2.05) is 30.3 Å². The van der Waals surface area contributed by atoms with Crippen LogP contribution >= 0.6 is 23.2 Å². The number of rotatable bonds is 4. The van der Waals surface area contributed by atoms with Gasteiger partial charge in [0.05, 0.1) is 16.2 Å². The summed E-state index contributed by atoms with van der Waals surface area (Å²) in [4.78, 5) is 4.19. The summed E-state index contributed by atoms with van der Waals surface area (Å²) in [6.07, 6.45) is 1.67. The molecule has 0 aliphatic carbocycles. The Morgan fingerprint density at radius 1 is 0.952 bits per heavy atom. The van der Waals surface area contributed by atoms with Crippen molar-refractivity contribution in [3.05, 3.63) is 70.7 Å². The molecule has 0 spiro atoms. The number of hydrogen-bond acceptors (Lipinski definition) is 3. The molecule has 0 bridgehead atoms. The smallest absolute Gasteiger partial charge is 0.232 e. The van der Waals surface area contributed by atoms with Crippen LogP contribution in [0.15, 0.2) is 59.1 Å². The second kappa shape index (κ2) is 6.20. The number of ether oxygens (including phenoxy) is 1. The summed E-state index contributed by atoms with van der Waals surface area (Å²) >= 11 is 12.1. The molecule has 0 aliphatic rings. The molecule has 0 aliphatic heterocycles. The Kier molecular flexibility index (Phi) is 4.13. The molecule has 2 aromatic carbocycles. The average Bonchev–Trinajstić information content (AvgIpc) is 2.97. The number of para-hydroxylation sites is 1. The van der Waals surface area contributed by atoms with Gasteiger partial charge in [-0.2, -0.15) is 0 Å². The van der Waals surface area contributed by atoms with Crippen LogP contribution in [0, 0.1) is 0 Å². The van der Waals surface area contributed by atoms with Gasteiger partial charge in [-0.1, -0.05) is 59.6 Å². The maximum absolute atomic E-state index is 6.04. The highest BCUT2D eigenvalue weighted by Crippen LogP contribution is 2.33.